The highest BCUT2D eigenvalue weighted by molar-refractivity contribution is 6.42. The van der Waals surface area contributed by atoms with E-state index >= 15 is 0 Å². The highest BCUT2D eigenvalue weighted by Gasteiger charge is 2.16. The maximum absolute atomic E-state index is 6.22. The van der Waals surface area contributed by atoms with E-state index in [-0.39, 0.29) is 12.4 Å². The normalized spacial score (nSPS) is 11.3. The molecule has 0 atom stereocenters. The highest BCUT2D eigenvalue weighted by Crippen LogP contribution is 2.34. The molecule has 0 unspecified atom stereocenters. The second kappa shape index (κ2) is 11.2. The summed E-state index contributed by atoms with van der Waals surface area (Å²) in [5.74, 6) is 1.36. The van der Waals surface area contributed by atoms with E-state index in [0.717, 1.165) is 50.0 Å². The third-order valence-electron chi connectivity index (χ3n) is 5.45. The van der Waals surface area contributed by atoms with Gasteiger partial charge in [-0.25, -0.2) is 9.97 Å². The van der Waals surface area contributed by atoms with Crippen LogP contribution in [0, 0.1) is 0 Å². The van der Waals surface area contributed by atoms with Gasteiger partial charge in [-0.1, -0.05) is 55.2 Å². The maximum Gasteiger partial charge on any atom is 0.157 e. The summed E-state index contributed by atoms with van der Waals surface area (Å²) in [6.45, 7) is 8.46. The van der Waals surface area contributed by atoms with E-state index in [1.165, 1.54) is 0 Å². The van der Waals surface area contributed by atoms with Gasteiger partial charge in [0.1, 0.15) is 11.3 Å². The van der Waals surface area contributed by atoms with E-state index < -0.39 is 0 Å². The lowest BCUT2D eigenvalue weighted by atomic mass is 10.2. The average Bonchev–Trinajstić information content (AvgIpc) is 3.21. The molecular formula is C24H27Cl3N4O. The summed E-state index contributed by atoms with van der Waals surface area (Å²) >= 11 is 12.4. The molecule has 0 radical (unpaired) electrons. The first kappa shape index (κ1) is 24.6. The van der Waals surface area contributed by atoms with E-state index in [1.54, 1.807) is 12.1 Å². The fraction of sp³-hybridized carbons (Fsp3) is 0.333. The molecule has 8 heteroatoms. The molecule has 170 valence electrons. The first-order valence-corrected chi connectivity index (χ1v) is 11.5. The summed E-state index contributed by atoms with van der Waals surface area (Å²) in [5, 5.41) is 5.41. The second-order valence-corrected chi connectivity index (χ2v) is 8.30. The largest absolute Gasteiger partial charge is 0.454 e. The van der Waals surface area contributed by atoms with Crippen LogP contribution in [-0.2, 0) is 0 Å². The van der Waals surface area contributed by atoms with Crippen LogP contribution in [-0.4, -0.2) is 41.0 Å². The minimum absolute atomic E-state index is 0. The number of hydrogen-bond acceptors (Lipinski definition) is 5. The van der Waals surface area contributed by atoms with Gasteiger partial charge >= 0.3 is 0 Å². The van der Waals surface area contributed by atoms with E-state index in [2.05, 4.69) is 24.1 Å². The van der Waals surface area contributed by atoms with Gasteiger partial charge in [0, 0.05) is 11.9 Å². The van der Waals surface area contributed by atoms with E-state index in [0.29, 0.717) is 38.4 Å². The first-order chi connectivity index (χ1) is 15.1. The monoisotopic (exact) mass is 492 g/mol. The SMILES string of the molecule is CCN(CC)CCCCNc1nc2cc(Cl)c(Cl)cc2nc1-c1cc2ccccc2o1.Cl. The topological polar surface area (TPSA) is 54.2 Å². The molecule has 2 heterocycles. The molecule has 0 aliphatic carbocycles. The number of rotatable bonds is 9. The van der Waals surface area contributed by atoms with Crippen LogP contribution in [0.5, 0.6) is 0 Å². The Morgan fingerprint density at radius 1 is 0.938 bits per heavy atom. The standard InChI is InChI=1S/C24H26Cl2N4O.ClH/c1-3-30(4-2)12-8-7-11-27-24-23(22-13-16-9-5-6-10-21(16)31-22)28-19-14-17(25)18(26)15-20(19)29-24;/h5-6,9-10,13-15H,3-4,7-8,11-12H2,1-2H3,(H,27,29);1H. The minimum Gasteiger partial charge on any atom is -0.454 e. The zero-order valence-electron chi connectivity index (χ0n) is 18.2. The van der Waals surface area contributed by atoms with Gasteiger partial charge in [0.25, 0.3) is 0 Å². The van der Waals surface area contributed by atoms with Crippen molar-refractivity contribution in [3.05, 3.63) is 52.5 Å². The summed E-state index contributed by atoms with van der Waals surface area (Å²) in [4.78, 5) is 12.1. The van der Waals surface area contributed by atoms with Crippen molar-refractivity contribution in [2.75, 3.05) is 31.5 Å². The van der Waals surface area contributed by atoms with Crippen LogP contribution >= 0.6 is 35.6 Å². The molecule has 0 saturated carbocycles. The molecule has 4 aromatic rings. The smallest absolute Gasteiger partial charge is 0.157 e. The molecule has 0 bridgehead atoms. The van der Waals surface area contributed by atoms with Crippen LogP contribution in [0.2, 0.25) is 10.0 Å². The van der Waals surface area contributed by atoms with E-state index in [9.17, 15) is 0 Å². The fourth-order valence-corrected chi connectivity index (χ4v) is 3.97. The van der Waals surface area contributed by atoms with Crippen molar-refractivity contribution < 1.29 is 4.42 Å². The number of benzene rings is 2. The molecule has 1 N–H and O–H groups in total. The number of anilines is 1. The molecule has 32 heavy (non-hydrogen) atoms. The van der Waals surface area contributed by atoms with Gasteiger partial charge in [0.05, 0.1) is 21.1 Å². The third-order valence-corrected chi connectivity index (χ3v) is 6.18. The summed E-state index contributed by atoms with van der Waals surface area (Å²) in [5.41, 5.74) is 2.86. The predicted octanol–water partition coefficient (Wildman–Crippen LogP) is 7.31. The first-order valence-electron chi connectivity index (χ1n) is 10.7. The quantitative estimate of drug-likeness (QED) is 0.248. The number of para-hydroxylation sites is 1. The molecule has 0 fully saturated rings. The summed E-state index contributed by atoms with van der Waals surface area (Å²) in [6, 6.07) is 13.4. The Kier molecular flexibility index (Phi) is 8.60. The van der Waals surface area contributed by atoms with Crippen molar-refractivity contribution in [3.8, 4) is 11.5 Å². The van der Waals surface area contributed by atoms with E-state index in [4.69, 9.17) is 37.6 Å². The van der Waals surface area contributed by atoms with Gasteiger partial charge in [-0.15, -0.1) is 12.4 Å². The molecule has 5 nitrogen and oxygen atoms in total. The number of halogens is 3. The molecule has 0 aliphatic heterocycles. The van der Waals surface area contributed by atoms with Crippen molar-refractivity contribution in [2.24, 2.45) is 0 Å². The van der Waals surface area contributed by atoms with Crippen LogP contribution in [0.3, 0.4) is 0 Å². The fourth-order valence-electron chi connectivity index (χ4n) is 3.65. The number of unbranched alkanes of at least 4 members (excludes halogenated alkanes) is 1. The Morgan fingerprint density at radius 2 is 1.62 bits per heavy atom. The van der Waals surface area contributed by atoms with Crippen molar-refractivity contribution in [1.82, 2.24) is 14.9 Å². The zero-order chi connectivity index (χ0) is 21.8. The van der Waals surface area contributed by atoms with Crippen LogP contribution in [0.25, 0.3) is 33.5 Å². The van der Waals surface area contributed by atoms with Crippen molar-refractivity contribution in [3.63, 3.8) is 0 Å². The van der Waals surface area contributed by atoms with Gasteiger partial charge in [-0.3, -0.25) is 0 Å². The summed E-state index contributed by atoms with van der Waals surface area (Å²) in [6.07, 6.45) is 2.16. The number of nitrogens with one attached hydrogen (secondary N) is 1. The van der Waals surface area contributed by atoms with Gasteiger partial charge in [-0.2, -0.15) is 0 Å². The summed E-state index contributed by atoms with van der Waals surface area (Å²) in [7, 11) is 0. The lowest BCUT2D eigenvalue weighted by molar-refractivity contribution is 0.298. The second-order valence-electron chi connectivity index (χ2n) is 7.49. The van der Waals surface area contributed by atoms with Gasteiger partial charge in [0.15, 0.2) is 11.6 Å². The van der Waals surface area contributed by atoms with Crippen LogP contribution < -0.4 is 5.32 Å². The Morgan fingerprint density at radius 3 is 2.31 bits per heavy atom. The molecular weight excluding hydrogens is 467 g/mol. The van der Waals surface area contributed by atoms with Crippen LogP contribution in [0.1, 0.15) is 26.7 Å². The number of nitrogens with zero attached hydrogens (tertiary/aromatic N) is 3. The summed E-state index contributed by atoms with van der Waals surface area (Å²) < 4.78 is 6.08. The Labute approximate surface area is 204 Å². The van der Waals surface area contributed by atoms with Crippen LogP contribution in [0.15, 0.2) is 46.9 Å². The predicted molar refractivity (Wildman–Crippen MR) is 138 cm³/mol. The average molecular weight is 494 g/mol. The lowest BCUT2D eigenvalue weighted by Crippen LogP contribution is -2.24. The molecule has 0 spiro atoms. The molecule has 2 aromatic carbocycles. The number of furan rings is 1. The lowest BCUT2D eigenvalue weighted by Gasteiger charge is -2.17. The Bertz CT molecular complexity index is 1160. The maximum atomic E-state index is 6.22. The van der Waals surface area contributed by atoms with Crippen molar-refractivity contribution >= 4 is 63.4 Å². The van der Waals surface area contributed by atoms with Gasteiger partial charge < -0.3 is 14.6 Å². The van der Waals surface area contributed by atoms with Gasteiger partial charge in [0.2, 0.25) is 0 Å². The minimum atomic E-state index is 0. The molecule has 0 aliphatic rings. The number of fused-ring (bicyclic) bond motifs is 2. The highest BCUT2D eigenvalue weighted by atomic mass is 35.5. The molecule has 4 rings (SSSR count). The molecule has 2 aromatic heterocycles. The van der Waals surface area contributed by atoms with E-state index in [1.807, 2.05) is 30.3 Å². The zero-order valence-corrected chi connectivity index (χ0v) is 20.5. The van der Waals surface area contributed by atoms with Crippen LogP contribution in [0.4, 0.5) is 5.82 Å². The molecule has 0 amide bonds. The van der Waals surface area contributed by atoms with Crippen molar-refractivity contribution in [1.29, 1.82) is 0 Å². The molecule has 0 saturated heterocycles. The van der Waals surface area contributed by atoms with Crippen molar-refractivity contribution in [2.45, 2.75) is 26.7 Å². The number of hydrogen-bond donors (Lipinski definition) is 1. The number of aromatic nitrogens is 2. The Balaban J connectivity index is 0.00000289. The Hall–Kier alpha value is -2.05. The third kappa shape index (κ3) is 5.46. The van der Waals surface area contributed by atoms with Gasteiger partial charge in [-0.05, 0) is 56.7 Å².